The van der Waals surface area contributed by atoms with E-state index in [0.29, 0.717) is 11.4 Å². The molecule has 0 radical (unpaired) electrons. The number of nitrogens with one attached hydrogen (secondary N) is 1. The Balaban J connectivity index is 2.79. The van der Waals surface area contributed by atoms with Crippen molar-refractivity contribution in [1.82, 2.24) is 15.1 Å². The number of nitro groups is 1. The second-order valence-corrected chi connectivity index (χ2v) is 3.23. The molecule has 0 saturated heterocycles. The van der Waals surface area contributed by atoms with Gasteiger partial charge in [-0.1, -0.05) is 0 Å². The summed E-state index contributed by atoms with van der Waals surface area (Å²) >= 11 is 0. The highest BCUT2D eigenvalue weighted by molar-refractivity contribution is 5.64. The van der Waals surface area contributed by atoms with Crippen LogP contribution in [0.1, 0.15) is 11.4 Å². The van der Waals surface area contributed by atoms with Crippen molar-refractivity contribution in [2.45, 2.75) is 20.4 Å². The normalized spacial score (nSPS) is 10.1. The minimum absolute atomic E-state index is 0.0182. The van der Waals surface area contributed by atoms with Gasteiger partial charge in [-0.15, -0.1) is 0 Å². The van der Waals surface area contributed by atoms with E-state index in [1.165, 1.54) is 4.68 Å². The highest BCUT2D eigenvalue weighted by Gasteiger charge is 2.21. The van der Waals surface area contributed by atoms with Crippen LogP contribution in [0.2, 0.25) is 0 Å². The molecule has 0 aliphatic rings. The lowest BCUT2D eigenvalue weighted by Gasteiger charge is -2.02. The zero-order valence-electron chi connectivity index (χ0n) is 8.93. The molecule has 0 saturated carbocycles. The minimum Gasteiger partial charge on any atom is -0.465 e. The molecule has 0 unspecified atom stereocenters. The van der Waals surface area contributed by atoms with Gasteiger partial charge in [0.2, 0.25) is 0 Å². The van der Waals surface area contributed by atoms with Crippen molar-refractivity contribution in [2.75, 3.05) is 6.54 Å². The summed E-state index contributed by atoms with van der Waals surface area (Å²) in [5, 5.41) is 25.2. The van der Waals surface area contributed by atoms with E-state index in [-0.39, 0.29) is 18.8 Å². The Labute approximate surface area is 91.0 Å². The predicted octanol–water partition coefficient (Wildman–Crippen LogP) is 0.676. The van der Waals surface area contributed by atoms with Crippen LogP contribution < -0.4 is 5.32 Å². The van der Waals surface area contributed by atoms with E-state index in [9.17, 15) is 14.9 Å². The van der Waals surface area contributed by atoms with E-state index in [1.54, 1.807) is 13.8 Å². The lowest BCUT2D eigenvalue weighted by atomic mass is 10.3. The topological polar surface area (TPSA) is 110 Å². The molecule has 1 rings (SSSR count). The highest BCUT2D eigenvalue weighted by Crippen LogP contribution is 2.21. The molecule has 2 N–H and O–H groups in total. The Morgan fingerprint density at radius 1 is 1.62 bits per heavy atom. The van der Waals surface area contributed by atoms with Crippen molar-refractivity contribution in [2.24, 2.45) is 0 Å². The van der Waals surface area contributed by atoms with Gasteiger partial charge in [0.15, 0.2) is 0 Å². The fourth-order valence-corrected chi connectivity index (χ4v) is 1.44. The first kappa shape index (κ1) is 12.0. The Hall–Kier alpha value is -2.12. The molecule has 8 heteroatoms. The van der Waals surface area contributed by atoms with Gasteiger partial charge in [0.05, 0.1) is 11.5 Å². The van der Waals surface area contributed by atoms with Crippen LogP contribution in [-0.4, -0.2) is 32.4 Å². The van der Waals surface area contributed by atoms with Gasteiger partial charge < -0.3 is 10.4 Å². The highest BCUT2D eigenvalue weighted by atomic mass is 16.6. The first-order valence-electron chi connectivity index (χ1n) is 4.58. The number of hydrogen-bond acceptors (Lipinski definition) is 4. The van der Waals surface area contributed by atoms with Crippen molar-refractivity contribution in [1.29, 1.82) is 0 Å². The van der Waals surface area contributed by atoms with Crippen molar-refractivity contribution in [3.8, 4) is 0 Å². The van der Waals surface area contributed by atoms with E-state index >= 15 is 0 Å². The standard InChI is InChI=1S/C8H12N4O4/c1-5-7(12(15)16)6(2)11(10-5)4-3-9-8(13)14/h9H,3-4H2,1-2H3,(H,13,14). The number of hydrogen-bond donors (Lipinski definition) is 2. The summed E-state index contributed by atoms with van der Waals surface area (Å²) in [4.78, 5) is 20.4. The summed E-state index contributed by atoms with van der Waals surface area (Å²) in [6.07, 6.45) is -1.13. The Kier molecular flexibility index (Phi) is 3.44. The average Bonchev–Trinajstić information content (AvgIpc) is 2.41. The molecule has 0 aliphatic heterocycles. The van der Waals surface area contributed by atoms with Gasteiger partial charge >= 0.3 is 11.8 Å². The summed E-state index contributed by atoms with van der Waals surface area (Å²) in [5.41, 5.74) is 0.739. The number of amides is 1. The fourth-order valence-electron chi connectivity index (χ4n) is 1.44. The second kappa shape index (κ2) is 4.60. The molecule has 0 fully saturated rings. The number of aryl methyl sites for hydroxylation is 1. The van der Waals surface area contributed by atoms with Gasteiger partial charge in [-0.05, 0) is 13.8 Å². The lowest BCUT2D eigenvalue weighted by Crippen LogP contribution is -2.25. The largest absolute Gasteiger partial charge is 0.465 e. The predicted molar refractivity (Wildman–Crippen MR) is 54.4 cm³/mol. The van der Waals surface area contributed by atoms with Crippen molar-refractivity contribution in [3.05, 3.63) is 21.5 Å². The lowest BCUT2D eigenvalue weighted by molar-refractivity contribution is -0.386. The van der Waals surface area contributed by atoms with Gasteiger partial charge in [-0.3, -0.25) is 14.8 Å². The van der Waals surface area contributed by atoms with E-state index in [1.807, 2.05) is 0 Å². The quantitative estimate of drug-likeness (QED) is 0.581. The molecule has 1 aromatic heterocycles. The molecule has 0 aromatic carbocycles. The number of aromatic nitrogens is 2. The van der Waals surface area contributed by atoms with E-state index in [0.717, 1.165) is 0 Å². The van der Waals surface area contributed by atoms with Gasteiger partial charge in [0.25, 0.3) is 0 Å². The van der Waals surface area contributed by atoms with Crippen LogP contribution in [0, 0.1) is 24.0 Å². The maximum Gasteiger partial charge on any atom is 0.404 e. The number of carbonyl (C=O) groups is 1. The Morgan fingerprint density at radius 3 is 2.69 bits per heavy atom. The third kappa shape index (κ3) is 2.47. The van der Waals surface area contributed by atoms with Crippen molar-refractivity contribution in [3.63, 3.8) is 0 Å². The molecule has 8 nitrogen and oxygen atoms in total. The molecule has 0 spiro atoms. The summed E-state index contributed by atoms with van der Waals surface area (Å²) in [7, 11) is 0. The third-order valence-corrected chi connectivity index (χ3v) is 2.13. The van der Waals surface area contributed by atoms with Crippen LogP contribution in [0.25, 0.3) is 0 Å². The van der Waals surface area contributed by atoms with Crippen LogP contribution in [0.4, 0.5) is 10.5 Å². The van der Waals surface area contributed by atoms with Gasteiger partial charge in [-0.25, -0.2) is 4.79 Å². The number of nitrogens with zero attached hydrogens (tertiary/aromatic N) is 3. The molecule has 0 aliphatic carbocycles. The fraction of sp³-hybridized carbons (Fsp3) is 0.500. The molecule has 0 atom stereocenters. The van der Waals surface area contributed by atoms with Crippen molar-refractivity contribution >= 4 is 11.8 Å². The molecule has 0 bridgehead atoms. The third-order valence-electron chi connectivity index (χ3n) is 2.13. The first-order valence-corrected chi connectivity index (χ1v) is 4.58. The SMILES string of the molecule is Cc1nn(CCNC(=O)O)c(C)c1[N+](=O)[O-]. The smallest absolute Gasteiger partial charge is 0.404 e. The molecular weight excluding hydrogens is 216 g/mol. The van der Waals surface area contributed by atoms with E-state index in [2.05, 4.69) is 10.4 Å². The van der Waals surface area contributed by atoms with Gasteiger partial charge in [0, 0.05) is 6.54 Å². The Bertz CT molecular complexity index is 426. The van der Waals surface area contributed by atoms with Crippen molar-refractivity contribution < 1.29 is 14.8 Å². The zero-order chi connectivity index (χ0) is 12.3. The average molecular weight is 228 g/mol. The number of carboxylic acid groups (broad SMARTS) is 1. The first-order chi connectivity index (χ1) is 7.43. The monoisotopic (exact) mass is 228 g/mol. The zero-order valence-corrected chi connectivity index (χ0v) is 8.93. The molecular formula is C8H12N4O4. The number of rotatable bonds is 4. The van der Waals surface area contributed by atoms with Gasteiger partial charge in [0.1, 0.15) is 11.4 Å². The summed E-state index contributed by atoms with van der Waals surface area (Å²) in [6, 6.07) is 0. The van der Waals surface area contributed by atoms with Crippen LogP contribution in [0.3, 0.4) is 0 Å². The molecule has 88 valence electrons. The van der Waals surface area contributed by atoms with Crippen LogP contribution in [0.5, 0.6) is 0 Å². The molecule has 16 heavy (non-hydrogen) atoms. The summed E-state index contributed by atoms with van der Waals surface area (Å²) in [5.74, 6) is 0. The van der Waals surface area contributed by atoms with E-state index < -0.39 is 11.0 Å². The Morgan fingerprint density at radius 2 is 2.25 bits per heavy atom. The summed E-state index contributed by atoms with van der Waals surface area (Å²) < 4.78 is 1.42. The summed E-state index contributed by atoms with van der Waals surface area (Å²) in [6.45, 7) is 3.56. The van der Waals surface area contributed by atoms with Crippen LogP contribution in [0.15, 0.2) is 0 Å². The second-order valence-electron chi connectivity index (χ2n) is 3.23. The van der Waals surface area contributed by atoms with Crippen LogP contribution in [-0.2, 0) is 6.54 Å². The maximum atomic E-state index is 10.7. The van der Waals surface area contributed by atoms with E-state index in [4.69, 9.17) is 5.11 Å². The van der Waals surface area contributed by atoms with Crippen LogP contribution >= 0.6 is 0 Å². The van der Waals surface area contributed by atoms with Gasteiger partial charge in [-0.2, -0.15) is 5.10 Å². The minimum atomic E-state index is -1.13. The molecule has 1 amide bonds. The maximum absolute atomic E-state index is 10.7. The molecule has 1 heterocycles. The molecule has 1 aromatic rings.